The van der Waals surface area contributed by atoms with Crippen molar-refractivity contribution in [1.29, 1.82) is 0 Å². The van der Waals surface area contributed by atoms with Crippen molar-refractivity contribution in [2.45, 2.75) is 51.2 Å². The number of thioether (sulfide) groups is 1. The first kappa shape index (κ1) is 14.5. The van der Waals surface area contributed by atoms with Crippen molar-refractivity contribution in [1.82, 2.24) is 15.3 Å². The number of unbranched alkanes of at least 4 members (excludes halogenated alkanes) is 1. The lowest BCUT2D eigenvalue weighted by Gasteiger charge is -2.11. The fraction of sp³-hybridized carbons (Fsp3) is 0.692. The number of hydrogen-bond acceptors (Lipinski definition) is 4. The Balaban J connectivity index is 2.06. The van der Waals surface area contributed by atoms with Crippen LogP contribution in [0.5, 0.6) is 0 Å². The zero-order chi connectivity index (χ0) is 12.5. The van der Waals surface area contributed by atoms with Crippen molar-refractivity contribution >= 4 is 11.8 Å². The molecule has 0 aliphatic rings. The van der Waals surface area contributed by atoms with Crippen LogP contribution in [0.25, 0.3) is 0 Å². The van der Waals surface area contributed by atoms with Crippen molar-refractivity contribution in [3.05, 3.63) is 18.0 Å². The highest BCUT2D eigenvalue weighted by molar-refractivity contribution is 7.99. The lowest BCUT2D eigenvalue weighted by Crippen LogP contribution is -2.25. The molecule has 0 saturated carbocycles. The molecule has 3 nitrogen and oxygen atoms in total. The Labute approximate surface area is 109 Å². The van der Waals surface area contributed by atoms with Crippen LogP contribution < -0.4 is 5.32 Å². The van der Waals surface area contributed by atoms with E-state index < -0.39 is 0 Å². The summed E-state index contributed by atoms with van der Waals surface area (Å²) < 4.78 is 0. The molecule has 1 rings (SSSR count). The molecule has 0 aliphatic heterocycles. The monoisotopic (exact) mass is 253 g/mol. The summed E-state index contributed by atoms with van der Waals surface area (Å²) in [6.45, 7) is 7.48. The fourth-order valence-electron chi connectivity index (χ4n) is 1.62. The van der Waals surface area contributed by atoms with Crippen LogP contribution in [0.15, 0.2) is 17.6 Å². The third kappa shape index (κ3) is 6.64. The molecule has 0 amide bonds. The average Bonchev–Trinajstić information content (AvgIpc) is 2.31. The second-order valence-electron chi connectivity index (χ2n) is 4.35. The smallest absolute Gasteiger partial charge is 0.187 e. The van der Waals surface area contributed by atoms with Crippen molar-refractivity contribution in [2.75, 3.05) is 12.3 Å². The average molecular weight is 253 g/mol. The van der Waals surface area contributed by atoms with Crippen LogP contribution in [-0.2, 0) is 0 Å². The van der Waals surface area contributed by atoms with E-state index in [1.807, 2.05) is 19.3 Å². The Morgan fingerprint density at radius 3 is 2.65 bits per heavy atom. The maximum absolute atomic E-state index is 4.28. The van der Waals surface area contributed by atoms with E-state index in [9.17, 15) is 0 Å². The maximum atomic E-state index is 4.28. The number of nitrogens with one attached hydrogen (secondary N) is 1. The van der Waals surface area contributed by atoms with Gasteiger partial charge in [0, 0.05) is 24.2 Å². The first-order chi connectivity index (χ1) is 8.22. The molecule has 0 saturated heterocycles. The van der Waals surface area contributed by atoms with Gasteiger partial charge in [0.1, 0.15) is 0 Å². The molecule has 96 valence electrons. The van der Waals surface area contributed by atoms with E-state index in [0.29, 0.717) is 6.04 Å². The minimum absolute atomic E-state index is 0.639. The van der Waals surface area contributed by atoms with Crippen LogP contribution in [0.1, 0.15) is 38.7 Å². The van der Waals surface area contributed by atoms with Crippen LogP contribution in [0.2, 0.25) is 0 Å². The lowest BCUT2D eigenvalue weighted by atomic mass is 10.1. The SMILES string of the molecule is CCNC(C)CCCCSc1ncc(C)cn1. The minimum Gasteiger partial charge on any atom is -0.315 e. The summed E-state index contributed by atoms with van der Waals surface area (Å²) in [5, 5.41) is 4.33. The zero-order valence-corrected chi connectivity index (χ0v) is 11.9. The zero-order valence-electron chi connectivity index (χ0n) is 11.1. The molecular formula is C13H23N3S. The minimum atomic E-state index is 0.639. The van der Waals surface area contributed by atoms with Gasteiger partial charge in [-0.05, 0) is 38.8 Å². The largest absolute Gasteiger partial charge is 0.315 e. The highest BCUT2D eigenvalue weighted by Gasteiger charge is 2.00. The van der Waals surface area contributed by atoms with Crippen molar-refractivity contribution in [3.8, 4) is 0 Å². The van der Waals surface area contributed by atoms with Gasteiger partial charge in [-0.25, -0.2) is 9.97 Å². The maximum Gasteiger partial charge on any atom is 0.187 e. The molecule has 1 unspecified atom stereocenters. The van der Waals surface area contributed by atoms with Gasteiger partial charge in [-0.15, -0.1) is 0 Å². The van der Waals surface area contributed by atoms with Crippen molar-refractivity contribution < 1.29 is 0 Å². The third-order valence-electron chi connectivity index (χ3n) is 2.57. The van der Waals surface area contributed by atoms with E-state index in [4.69, 9.17) is 0 Å². The summed E-state index contributed by atoms with van der Waals surface area (Å²) in [5.74, 6) is 1.11. The second kappa shape index (κ2) is 8.48. The summed E-state index contributed by atoms with van der Waals surface area (Å²) in [7, 11) is 0. The molecule has 0 bridgehead atoms. The quantitative estimate of drug-likeness (QED) is 0.439. The first-order valence-corrected chi connectivity index (χ1v) is 7.35. The van der Waals surface area contributed by atoms with Crippen LogP contribution in [-0.4, -0.2) is 28.3 Å². The Morgan fingerprint density at radius 2 is 2.00 bits per heavy atom. The second-order valence-corrected chi connectivity index (χ2v) is 5.41. The molecule has 0 aromatic carbocycles. The summed E-state index contributed by atoms with van der Waals surface area (Å²) in [4.78, 5) is 8.56. The Hall–Kier alpha value is -0.610. The van der Waals surface area contributed by atoms with Gasteiger partial charge in [-0.1, -0.05) is 25.1 Å². The van der Waals surface area contributed by atoms with Crippen LogP contribution in [0, 0.1) is 6.92 Å². The van der Waals surface area contributed by atoms with E-state index in [0.717, 1.165) is 23.0 Å². The molecule has 1 heterocycles. The lowest BCUT2D eigenvalue weighted by molar-refractivity contribution is 0.510. The molecule has 4 heteroatoms. The molecule has 1 aromatic heterocycles. The standard InChI is InChI=1S/C13H23N3S/c1-4-14-12(3)7-5-6-8-17-13-15-9-11(2)10-16-13/h9-10,12,14H,4-8H2,1-3H3. The van der Waals surface area contributed by atoms with Crippen LogP contribution in [0.4, 0.5) is 0 Å². The Bertz CT molecular complexity index is 300. The number of nitrogens with zero attached hydrogens (tertiary/aromatic N) is 2. The first-order valence-electron chi connectivity index (χ1n) is 6.37. The van der Waals surface area contributed by atoms with Gasteiger partial charge < -0.3 is 5.32 Å². The van der Waals surface area contributed by atoms with Gasteiger partial charge >= 0.3 is 0 Å². The van der Waals surface area contributed by atoms with E-state index in [-0.39, 0.29) is 0 Å². The normalized spacial score (nSPS) is 12.6. The number of aryl methyl sites for hydroxylation is 1. The molecule has 0 radical (unpaired) electrons. The van der Waals surface area contributed by atoms with Crippen LogP contribution >= 0.6 is 11.8 Å². The Morgan fingerprint density at radius 1 is 1.29 bits per heavy atom. The molecule has 1 atom stereocenters. The topological polar surface area (TPSA) is 37.8 Å². The van der Waals surface area contributed by atoms with Crippen LogP contribution in [0.3, 0.4) is 0 Å². The van der Waals surface area contributed by atoms with E-state index in [1.54, 1.807) is 11.8 Å². The highest BCUT2D eigenvalue weighted by Crippen LogP contribution is 2.14. The van der Waals surface area contributed by atoms with Gasteiger partial charge in [0.05, 0.1) is 0 Å². The summed E-state index contributed by atoms with van der Waals surface area (Å²) in [6.07, 6.45) is 7.51. The van der Waals surface area contributed by atoms with Gasteiger partial charge in [0.2, 0.25) is 0 Å². The summed E-state index contributed by atoms with van der Waals surface area (Å²) in [5.41, 5.74) is 1.12. The molecule has 17 heavy (non-hydrogen) atoms. The molecule has 1 aromatic rings. The molecule has 0 aliphatic carbocycles. The summed E-state index contributed by atoms with van der Waals surface area (Å²) in [6, 6.07) is 0.639. The van der Waals surface area contributed by atoms with E-state index in [1.165, 1.54) is 19.3 Å². The van der Waals surface area contributed by atoms with Gasteiger partial charge in [0.15, 0.2) is 5.16 Å². The van der Waals surface area contributed by atoms with Gasteiger partial charge in [0.25, 0.3) is 0 Å². The van der Waals surface area contributed by atoms with E-state index >= 15 is 0 Å². The molecule has 0 spiro atoms. The fourth-order valence-corrected chi connectivity index (χ4v) is 2.41. The number of aromatic nitrogens is 2. The number of rotatable bonds is 8. The highest BCUT2D eigenvalue weighted by atomic mass is 32.2. The predicted octanol–water partition coefficient (Wildman–Crippen LogP) is 3.05. The molecule has 1 N–H and O–H groups in total. The van der Waals surface area contributed by atoms with Crippen molar-refractivity contribution in [2.24, 2.45) is 0 Å². The molecule has 0 fully saturated rings. The number of hydrogen-bond donors (Lipinski definition) is 1. The van der Waals surface area contributed by atoms with Gasteiger partial charge in [-0.2, -0.15) is 0 Å². The Kier molecular flexibility index (Phi) is 7.21. The predicted molar refractivity (Wildman–Crippen MR) is 74.5 cm³/mol. The third-order valence-corrected chi connectivity index (χ3v) is 3.53. The molecular weight excluding hydrogens is 230 g/mol. The summed E-state index contributed by atoms with van der Waals surface area (Å²) >= 11 is 1.75. The van der Waals surface area contributed by atoms with Crippen molar-refractivity contribution in [3.63, 3.8) is 0 Å². The van der Waals surface area contributed by atoms with Gasteiger partial charge in [-0.3, -0.25) is 0 Å². The van der Waals surface area contributed by atoms with E-state index in [2.05, 4.69) is 29.1 Å².